The zero-order valence-electron chi connectivity index (χ0n) is 11.8. The number of nitrogens with one attached hydrogen (secondary N) is 2. The summed E-state index contributed by atoms with van der Waals surface area (Å²) in [6.45, 7) is 3.55. The quantitative estimate of drug-likeness (QED) is 0.829. The number of hydrogen-bond acceptors (Lipinski definition) is 3. The molecule has 1 unspecified atom stereocenters. The second kappa shape index (κ2) is 6.27. The molecule has 1 aliphatic carbocycles. The van der Waals surface area contributed by atoms with Crippen molar-refractivity contribution in [2.45, 2.75) is 25.3 Å². The van der Waals surface area contributed by atoms with Gasteiger partial charge in [0, 0.05) is 24.8 Å². The molecule has 0 spiro atoms. The Kier molecular flexibility index (Phi) is 4.21. The molecule has 0 radical (unpaired) electrons. The van der Waals surface area contributed by atoms with E-state index in [2.05, 4.69) is 15.5 Å². The van der Waals surface area contributed by atoms with Crippen LogP contribution in [0, 0.1) is 5.92 Å². The van der Waals surface area contributed by atoms with Crippen molar-refractivity contribution in [2.24, 2.45) is 5.92 Å². The number of benzene rings is 1. The third-order valence-corrected chi connectivity index (χ3v) is 4.20. The molecule has 0 aromatic heterocycles. The maximum absolute atomic E-state index is 11.8. The number of hydrogen-bond donors (Lipinski definition) is 2. The molecule has 108 valence electrons. The maximum Gasteiger partial charge on any atom is 0.239 e. The summed E-state index contributed by atoms with van der Waals surface area (Å²) in [5.74, 6) is 0.718. The van der Waals surface area contributed by atoms with Crippen molar-refractivity contribution in [3.8, 4) is 0 Å². The molecule has 1 saturated carbocycles. The SMILES string of the molecule is O=C(CNc1ccccc1)NCC1CCN(C2CC2)C1. The smallest absolute Gasteiger partial charge is 0.239 e. The van der Waals surface area contributed by atoms with Crippen LogP contribution in [0.15, 0.2) is 30.3 Å². The first kappa shape index (κ1) is 13.4. The lowest BCUT2D eigenvalue weighted by Gasteiger charge is -2.15. The third kappa shape index (κ3) is 3.73. The van der Waals surface area contributed by atoms with Gasteiger partial charge in [0.25, 0.3) is 0 Å². The van der Waals surface area contributed by atoms with Crippen molar-refractivity contribution in [3.63, 3.8) is 0 Å². The van der Waals surface area contributed by atoms with E-state index in [1.165, 1.54) is 25.8 Å². The molecule has 1 aromatic rings. The van der Waals surface area contributed by atoms with Crippen LogP contribution >= 0.6 is 0 Å². The van der Waals surface area contributed by atoms with E-state index < -0.39 is 0 Å². The van der Waals surface area contributed by atoms with Crippen LogP contribution in [0.3, 0.4) is 0 Å². The van der Waals surface area contributed by atoms with Gasteiger partial charge in [-0.15, -0.1) is 0 Å². The highest BCUT2D eigenvalue weighted by Gasteiger charge is 2.34. The summed E-state index contributed by atoms with van der Waals surface area (Å²) in [6, 6.07) is 10.7. The van der Waals surface area contributed by atoms with Crippen molar-refractivity contribution in [1.82, 2.24) is 10.2 Å². The molecule has 4 heteroatoms. The fourth-order valence-electron chi connectivity index (χ4n) is 2.86. The van der Waals surface area contributed by atoms with Crippen molar-refractivity contribution in [1.29, 1.82) is 0 Å². The predicted octanol–water partition coefficient (Wildman–Crippen LogP) is 1.70. The van der Waals surface area contributed by atoms with Crippen LogP contribution in [0.2, 0.25) is 0 Å². The van der Waals surface area contributed by atoms with Crippen LogP contribution in [-0.2, 0) is 4.79 Å². The van der Waals surface area contributed by atoms with Gasteiger partial charge in [-0.25, -0.2) is 0 Å². The Morgan fingerprint density at radius 3 is 2.75 bits per heavy atom. The summed E-state index contributed by atoms with van der Waals surface area (Å²) in [4.78, 5) is 14.4. The molecule has 2 fully saturated rings. The lowest BCUT2D eigenvalue weighted by atomic mass is 10.1. The molecule has 0 bridgehead atoms. The number of carbonyl (C=O) groups is 1. The topological polar surface area (TPSA) is 44.4 Å². The molecule has 1 atom stereocenters. The number of amides is 1. The van der Waals surface area contributed by atoms with Crippen LogP contribution < -0.4 is 10.6 Å². The highest BCUT2D eigenvalue weighted by atomic mass is 16.1. The van der Waals surface area contributed by atoms with E-state index in [0.29, 0.717) is 12.5 Å². The Balaban J connectivity index is 1.33. The first-order valence-electron chi connectivity index (χ1n) is 7.61. The van der Waals surface area contributed by atoms with Crippen molar-refractivity contribution >= 4 is 11.6 Å². The second-order valence-corrected chi connectivity index (χ2v) is 5.90. The zero-order valence-corrected chi connectivity index (χ0v) is 11.8. The summed E-state index contributed by atoms with van der Waals surface area (Å²) < 4.78 is 0. The number of rotatable bonds is 6. The lowest BCUT2D eigenvalue weighted by molar-refractivity contribution is -0.119. The van der Waals surface area contributed by atoms with Gasteiger partial charge in [0.2, 0.25) is 5.91 Å². The van der Waals surface area contributed by atoms with Gasteiger partial charge in [0.05, 0.1) is 6.54 Å². The largest absolute Gasteiger partial charge is 0.376 e. The normalized spacial score (nSPS) is 22.7. The highest BCUT2D eigenvalue weighted by Crippen LogP contribution is 2.31. The standard InChI is InChI=1S/C16H23N3O/c20-16(11-17-14-4-2-1-3-5-14)18-10-13-8-9-19(12-13)15-6-7-15/h1-5,13,15,17H,6-12H2,(H,18,20). The summed E-state index contributed by atoms with van der Waals surface area (Å²) in [5.41, 5.74) is 0.989. The van der Waals surface area contributed by atoms with Gasteiger partial charge in [-0.2, -0.15) is 0 Å². The van der Waals surface area contributed by atoms with Crippen LogP contribution in [0.1, 0.15) is 19.3 Å². The van der Waals surface area contributed by atoms with E-state index in [1.54, 1.807) is 0 Å². The van der Waals surface area contributed by atoms with Crippen LogP contribution in [0.5, 0.6) is 0 Å². The zero-order chi connectivity index (χ0) is 13.8. The molecule has 1 amide bonds. The minimum atomic E-state index is 0.0822. The van der Waals surface area contributed by atoms with Gasteiger partial charge in [0.1, 0.15) is 0 Å². The molecular formula is C16H23N3O. The van der Waals surface area contributed by atoms with E-state index in [0.717, 1.165) is 24.8 Å². The Bertz CT molecular complexity index is 444. The van der Waals surface area contributed by atoms with Gasteiger partial charge in [-0.1, -0.05) is 18.2 Å². The number of likely N-dealkylation sites (tertiary alicyclic amines) is 1. The molecule has 3 rings (SSSR count). The van der Waals surface area contributed by atoms with Crippen LogP contribution in [-0.4, -0.2) is 43.0 Å². The first-order valence-corrected chi connectivity index (χ1v) is 7.61. The summed E-state index contributed by atoms with van der Waals surface area (Å²) >= 11 is 0. The molecule has 2 N–H and O–H groups in total. The summed E-state index contributed by atoms with van der Waals surface area (Å²) in [5, 5.41) is 6.18. The molecule has 1 aromatic carbocycles. The van der Waals surface area contributed by atoms with Gasteiger partial charge in [-0.3, -0.25) is 4.79 Å². The van der Waals surface area contributed by atoms with Gasteiger partial charge in [-0.05, 0) is 43.9 Å². The Labute approximate surface area is 120 Å². The number of nitrogens with zero attached hydrogens (tertiary/aromatic N) is 1. The molecule has 2 aliphatic rings. The summed E-state index contributed by atoms with van der Waals surface area (Å²) in [6.07, 6.45) is 3.98. The Hall–Kier alpha value is -1.55. The molecule has 1 heterocycles. The van der Waals surface area contributed by atoms with E-state index in [-0.39, 0.29) is 5.91 Å². The van der Waals surface area contributed by atoms with Gasteiger partial charge < -0.3 is 15.5 Å². The van der Waals surface area contributed by atoms with Crippen molar-refractivity contribution in [3.05, 3.63) is 30.3 Å². The monoisotopic (exact) mass is 273 g/mol. The molecule has 4 nitrogen and oxygen atoms in total. The Morgan fingerprint density at radius 2 is 2.00 bits per heavy atom. The highest BCUT2D eigenvalue weighted by molar-refractivity contribution is 5.80. The maximum atomic E-state index is 11.8. The van der Waals surface area contributed by atoms with E-state index >= 15 is 0 Å². The minimum absolute atomic E-state index is 0.0822. The van der Waals surface area contributed by atoms with Crippen molar-refractivity contribution in [2.75, 3.05) is 31.5 Å². The second-order valence-electron chi connectivity index (χ2n) is 5.90. The molecular weight excluding hydrogens is 250 g/mol. The molecule has 20 heavy (non-hydrogen) atoms. The number of anilines is 1. The number of para-hydroxylation sites is 1. The minimum Gasteiger partial charge on any atom is -0.376 e. The first-order chi connectivity index (χ1) is 9.81. The third-order valence-electron chi connectivity index (χ3n) is 4.20. The lowest BCUT2D eigenvalue weighted by Crippen LogP contribution is -2.35. The Morgan fingerprint density at radius 1 is 1.20 bits per heavy atom. The van der Waals surface area contributed by atoms with E-state index in [9.17, 15) is 4.79 Å². The summed E-state index contributed by atoms with van der Waals surface area (Å²) in [7, 11) is 0. The van der Waals surface area contributed by atoms with Gasteiger partial charge >= 0.3 is 0 Å². The number of carbonyl (C=O) groups excluding carboxylic acids is 1. The van der Waals surface area contributed by atoms with E-state index in [4.69, 9.17) is 0 Å². The van der Waals surface area contributed by atoms with Crippen molar-refractivity contribution < 1.29 is 4.79 Å². The molecule has 1 aliphatic heterocycles. The van der Waals surface area contributed by atoms with Crippen LogP contribution in [0.4, 0.5) is 5.69 Å². The fourth-order valence-corrected chi connectivity index (χ4v) is 2.86. The molecule has 1 saturated heterocycles. The average molecular weight is 273 g/mol. The van der Waals surface area contributed by atoms with E-state index in [1.807, 2.05) is 30.3 Å². The predicted molar refractivity (Wildman–Crippen MR) is 80.6 cm³/mol. The average Bonchev–Trinajstić information content (AvgIpc) is 3.23. The van der Waals surface area contributed by atoms with Gasteiger partial charge in [0.15, 0.2) is 0 Å². The van der Waals surface area contributed by atoms with Crippen LogP contribution in [0.25, 0.3) is 0 Å². The fraction of sp³-hybridized carbons (Fsp3) is 0.562.